The number of nitrogens with one attached hydrogen (secondary N) is 2. The molecule has 0 aliphatic carbocycles. The van der Waals surface area contributed by atoms with Crippen LogP contribution in [0.2, 0.25) is 0 Å². The zero-order valence-electron chi connectivity index (χ0n) is 13.4. The van der Waals surface area contributed by atoms with E-state index in [-0.39, 0.29) is 11.7 Å². The second-order valence-electron chi connectivity index (χ2n) is 5.77. The molecule has 124 valence electrons. The van der Waals surface area contributed by atoms with Crippen molar-refractivity contribution in [3.8, 4) is 0 Å². The Balaban J connectivity index is 1.82. The highest BCUT2D eigenvalue weighted by atomic mass is 16.5. The normalized spacial score (nSPS) is 16.3. The van der Waals surface area contributed by atoms with Crippen molar-refractivity contribution in [2.45, 2.75) is 6.17 Å². The van der Waals surface area contributed by atoms with E-state index in [4.69, 9.17) is 4.74 Å². The lowest BCUT2D eigenvalue weighted by molar-refractivity contribution is -0.925. The highest BCUT2D eigenvalue weighted by molar-refractivity contribution is 6.03. The largest absolute Gasteiger partial charge is 0.370 e. The maximum Gasteiger partial charge on any atom is 0.256 e. The lowest BCUT2D eigenvalue weighted by Gasteiger charge is -2.30. The van der Waals surface area contributed by atoms with E-state index in [2.05, 4.69) is 5.32 Å². The molecule has 5 nitrogen and oxygen atoms in total. The number of ether oxygens (including phenoxy) is 1. The summed E-state index contributed by atoms with van der Waals surface area (Å²) in [5.41, 5.74) is 1.16. The van der Waals surface area contributed by atoms with E-state index in [1.54, 1.807) is 24.3 Å². The number of morpholine rings is 1. The summed E-state index contributed by atoms with van der Waals surface area (Å²) >= 11 is 0. The minimum atomic E-state index is -0.607. The SMILES string of the molecule is O=C(N[C@@H](C(=O)c1ccccc1)[NH+]1CCOCC1)c1ccccc1. The number of carbonyl (C=O) groups is 2. The highest BCUT2D eigenvalue weighted by Gasteiger charge is 2.33. The van der Waals surface area contributed by atoms with Gasteiger partial charge in [0.2, 0.25) is 11.9 Å². The van der Waals surface area contributed by atoms with Gasteiger partial charge in [-0.2, -0.15) is 0 Å². The van der Waals surface area contributed by atoms with E-state index in [0.29, 0.717) is 37.4 Å². The molecule has 1 aliphatic rings. The van der Waals surface area contributed by atoms with Crippen LogP contribution in [0, 0.1) is 0 Å². The lowest BCUT2D eigenvalue weighted by atomic mass is 10.1. The summed E-state index contributed by atoms with van der Waals surface area (Å²) in [6, 6.07) is 18.1. The fraction of sp³-hybridized carbons (Fsp3) is 0.263. The van der Waals surface area contributed by atoms with Gasteiger partial charge in [0.1, 0.15) is 13.1 Å². The van der Waals surface area contributed by atoms with E-state index in [1.165, 1.54) is 0 Å². The molecule has 1 aliphatic heterocycles. The number of hydrogen-bond acceptors (Lipinski definition) is 3. The van der Waals surface area contributed by atoms with Crippen LogP contribution in [-0.4, -0.2) is 44.2 Å². The highest BCUT2D eigenvalue weighted by Crippen LogP contribution is 2.03. The van der Waals surface area contributed by atoms with Gasteiger partial charge in [0.15, 0.2) is 0 Å². The minimum absolute atomic E-state index is 0.0724. The topological polar surface area (TPSA) is 59.8 Å². The molecule has 2 aromatic rings. The Morgan fingerprint density at radius 3 is 2.00 bits per heavy atom. The number of Topliss-reactive ketones (excluding diaryl/α,β-unsaturated/α-hetero) is 1. The average Bonchev–Trinajstić information content (AvgIpc) is 2.67. The first-order valence-corrected chi connectivity index (χ1v) is 8.13. The average molecular weight is 325 g/mol. The van der Waals surface area contributed by atoms with Crippen molar-refractivity contribution in [2.24, 2.45) is 0 Å². The predicted molar refractivity (Wildman–Crippen MR) is 90.0 cm³/mol. The number of ketones is 1. The molecule has 5 heteroatoms. The van der Waals surface area contributed by atoms with Crippen molar-refractivity contribution >= 4 is 11.7 Å². The van der Waals surface area contributed by atoms with Gasteiger partial charge in [0.05, 0.1) is 13.2 Å². The molecular weight excluding hydrogens is 304 g/mol. The van der Waals surface area contributed by atoms with E-state index in [0.717, 1.165) is 4.90 Å². The number of hydrogen-bond donors (Lipinski definition) is 2. The third-order valence-corrected chi connectivity index (χ3v) is 4.18. The standard InChI is InChI=1S/C19H20N2O3/c22-17(15-7-3-1-4-8-15)18(21-11-13-24-14-12-21)20-19(23)16-9-5-2-6-10-16/h1-10,18H,11-14H2,(H,20,23)/p+1/t18-/m1/s1. The molecule has 0 aromatic heterocycles. The molecule has 0 saturated carbocycles. The molecule has 0 bridgehead atoms. The molecule has 2 aromatic carbocycles. The third kappa shape index (κ3) is 3.88. The van der Waals surface area contributed by atoms with E-state index < -0.39 is 6.17 Å². The fourth-order valence-electron chi connectivity index (χ4n) is 2.85. The van der Waals surface area contributed by atoms with Gasteiger partial charge < -0.3 is 9.64 Å². The number of rotatable bonds is 5. The van der Waals surface area contributed by atoms with Crippen LogP contribution in [0.4, 0.5) is 0 Å². The van der Waals surface area contributed by atoms with Crippen LogP contribution in [0.5, 0.6) is 0 Å². The Bertz CT molecular complexity index is 682. The molecular formula is C19H21N2O3+. The molecule has 0 unspecified atom stereocenters. The Hall–Kier alpha value is -2.50. The third-order valence-electron chi connectivity index (χ3n) is 4.18. The van der Waals surface area contributed by atoms with Crippen LogP contribution in [0.25, 0.3) is 0 Å². The minimum Gasteiger partial charge on any atom is -0.370 e. The summed E-state index contributed by atoms with van der Waals surface area (Å²) < 4.78 is 5.38. The zero-order chi connectivity index (χ0) is 16.8. The summed E-state index contributed by atoms with van der Waals surface area (Å²) in [6.45, 7) is 2.57. The summed E-state index contributed by atoms with van der Waals surface area (Å²) in [5, 5.41) is 2.92. The molecule has 1 amide bonds. The molecule has 1 fully saturated rings. The Kier molecular flexibility index (Phi) is 5.36. The maximum atomic E-state index is 12.9. The van der Waals surface area contributed by atoms with Crippen LogP contribution >= 0.6 is 0 Å². The van der Waals surface area contributed by atoms with E-state index in [9.17, 15) is 9.59 Å². The van der Waals surface area contributed by atoms with Crippen molar-refractivity contribution in [1.82, 2.24) is 5.32 Å². The summed E-state index contributed by atoms with van der Waals surface area (Å²) in [4.78, 5) is 26.5. The second-order valence-corrected chi connectivity index (χ2v) is 5.77. The Morgan fingerprint density at radius 1 is 0.875 bits per heavy atom. The van der Waals surface area contributed by atoms with Crippen molar-refractivity contribution in [1.29, 1.82) is 0 Å². The van der Waals surface area contributed by atoms with Crippen molar-refractivity contribution < 1.29 is 19.2 Å². The van der Waals surface area contributed by atoms with Gasteiger partial charge in [0, 0.05) is 11.1 Å². The van der Waals surface area contributed by atoms with Gasteiger partial charge >= 0.3 is 0 Å². The first kappa shape index (κ1) is 16.4. The smallest absolute Gasteiger partial charge is 0.256 e. The summed E-state index contributed by atoms with van der Waals surface area (Å²) in [7, 11) is 0. The second kappa shape index (κ2) is 7.86. The number of carbonyl (C=O) groups excluding carboxylic acids is 2. The molecule has 0 spiro atoms. The van der Waals surface area contributed by atoms with Crippen LogP contribution in [0.3, 0.4) is 0 Å². The van der Waals surface area contributed by atoms with Crippen LogP contribution in [-0.2, 0) is 4.74 Å². The molecule has 1 heterocycles. The van der Waals surface area contributed by atoms with Crippen LogP contribution in [0.15, 0.2) is 60.7 Å². The molecule has 2 N–H and O–H groups in total. The first-order chi connectivity index (χ1) is 11.8. The number of benzene rings is 2. The van der Waals surface area contributed by atoms with Gasteiger partial charge in [-0.05, 0) is 12.1 Å². The van der Waals surface area contributed by atoms with Gasteiger partial charge in [-0.15, -0.1) is 0 Å². The van der Waals surface area contributed by atoms with Crippen molar-refractivity contribution in [3.63, 3.8) is 0 Å². The van der Waals surface area contributed by atoms with Gasteiger partial charge in [-0.3, -0.25) is 14.9 Å². The predicted octanol–water partition coefficient (Wildman–Crippen LogP) is 0.541. The van der Waals surface area contributed by atoms with E-state index in [1.807, 2.05) is 36.4 Å². The Labute approximate surface area is 141 Å². The molecule has 3 rings (SSSR count). The maximum absolute atomic E-state index is 12.9. The molecule has 24 heavy (non-hydrogen) atoms. The summed E-state index contributed by atoms with van der Waals surface area (Å²) in [5.74, 6) is -0.305. The number of amides is 1. The lowest BCUT2D eigenvalue weighted by Crippen LogP contribution is -3.20. The van der Waals surface area contributed by atoms with Gasteiger partial charge in [0.25, 0.3) is 5.91 Å². The van der Waals surface area contributed by atoms with Gasteiger partial charge in [-0.1, -0.05) is 48.5 Å². The molecule has 1 atom stereocenters. The zero-order valence-corrected chi connectivity index (χ0v) is 13.4. The first-order valence-electron chi connectivity index (χ1n) is 8.13. The fourth-order valence-corrected chi connectivity index (χ4v) is 2.85. The summed E-state index contributed by atoms with van der Waals surface area (Å²) in [6.07, 6.45) is -0.607. The molecule has 0 radical (unpaired) electrons. The quantitative estimate of drug-likeness (QED) is 0.789. The number of quaternary nitrogens is 1. The Morgan fingerprint density at radius 2 is 1.42 bits per heavy atom. The molecule has 1 saturated heterocycles. The van der Waals surface area contributed by atoms with Gasteiger partial charge in [-0.25, -0.2) is 0 Å². The van der Waals surface area contributed by atoms with Crippen LogP contribution < -0.4 is 10.2 Å². The van der Waals surface area contributed by atoms with Crippen LogP contribution in [0.1, 0.15) is 20.7 Å². The monoisotopic (exact) mass is 325 g/mol. The van der Waals surface area contributed by atoms with Crippen molar-refractivity contribution in [2.75, 3.05) is 26.3 Å². The van der Waals surface area contributed by atoms with E-state index >= 15 is 0 Å². The van der Waals surface area contributed by atoms with Crippen molar-refractivity contribution in [3.05, 3.63) is 71.8 Å².